The van der Waals surface area contributed by atoms with Crippen molar-refractivity contribution in [2.45, 2.75) is 63.7 Å². The summed E-state index contributed by atoms with van der Waals surface area (Å²) in [6.45, 7) is 2.36. The number of nitrogens with two attached hydrogens (primary N) is 1. The minimum absolute atomic E-state index is 0.215. The second-order valence-electron chi connectivity index (χ2n) is 8.52. The number of rotatable bonds is 4. The van der Waals surface area contributed by atoms with Gasteiger partial charge in [0.1, 0.15) is 0 Å². The number of carbonyl (C=O) groups excluding carboxylic acids is 1. The van der Waals surface area contributed by atoms with Gasteiger partial charge in [0.15, 0.2) is 0 Å². The largest absolute Gasteiger partial charge is 0.373 e. The maximum atomic E-state index is 13.0. The van der Waals surface area contributed by atoms with Crippen molar-refractivity contribution in [1.29, 1.82) is 0 Å². The molecule has 0 spiro atoms. The van der Waals surface area contributed by atoms with Crippen LogP contribution in [0.1, 0.15) is 50.5 Å². The number of carbonyl (C=O) groups is 1. The van der Waals surface area contributed by atoms with E-state index in [1.54, 1.807) is 0 Å². The fraction of sp³-hybridized carbons (Fsp3) is 0.682. The second kappa shape index (κ2) is 8.10. The van der Waals surface area contributed by atoms with Gasteiger partial charge in [-0.15, -0.1) is 0 Å². The van der Waals surface area contributed by atoms with E-state index in [4.69, 9.17) is 10.5 Å². The Morgan fingerprint density at radius 2 is 1.69 bits per heavy atom. The van der Waals surface area contributed by atoms with E-state index in [0.717, 1.165) is 38.8 Å². The zero-order chi connectivity index (χ0) is 17.9. The third-order valence-electron chi connectivity index (χ3n) is 6.84. The van der Waals surface area contributed by atoms with Crippen LogP contribution in [0.5, 0.6) is 0 Å². The molecule has 2 atom stereocenters. The Balaban J connectivity index is 1.25. The lowest BCUT2D eigenvalue weighted by atomic mass is 9.65. The third kappa shape index (κ3) is 3.96. The van der Waals surface area contributed by atoms with Crippen LogP contribution in [0.15, 0.2) is 30.3 Å². The van der Waals surface area contributed by atoms with Crippen molar-refractivity contribution < 1.29 is 9.53 Å². The maximum Gasteiger partial charge on any atom is 0.225 e. The van der Waals surface area contributed by atoms with Gasteiger partial charge in [-0.3, -0.25) is 4.79 Å². The van der Waals surface area contributed by atoms with Gasteiger partial charge in [0, 0.05) is 25.0 Å². The normalized spacial score (nSPS) is 32.4. The van der Waals surface area contributed by atoms with E-state index in [-0.39, 0.29) is 12.0 Å². The zero-order valence-electron chi connectivity index (χ0n) is 15.7. The highest BCUT2D eigenvalue weighted by atomic mass is 16.5. The van der Waals surface area contributed by atoms with E-state index in [9.17, 15) is 4.79 Å². The molecule has 3 fully saturated rings. The van der Waals surface area contributed by atoms with Crippen molar-refractivity contribution in [1.82, 2.24) is 4.90 Å². The third-order valence-corrected chi connectivity index (χ3v) is 6.84. The van der Waals surface area contributed by atoms with Crippen molar-refractivity contribution in [2.24, 2.45) is 23.5 Å². The summed E-state index contributed by atoms with van der Waals surface area (Å²) >= 11 is 0. The van der Waals surface area contributed by atoms with E-state index >= 15 is 0 Å². The molecule has 2 aliphatic carbocycles. The van der Waals surface area contributed by atoms with Crippen LogP contribution in [-0.4, -0.2) is 36.0 Å². The first kappa shape index (κ1) is 18.0. The van der Waals surface area contributed by atoms with Gasteiger partial charge in [-0.2, -0.15) is 0 Å². The molecule has 1 amide bonds. The topological polar surface area (TPSA) is 55.6 Å². The van der Waals surface area contributed by atoms with Gasteiger partial charge >= 0.3 is 0 Å². The molecule has 1 saturated heterocycles. The van der Waals surface area contributed by atoms with Crippen molar-refractivity contribution in [3.8, 4) is 0 Å². The lowest BCUT2D eigenvalue weighted by Crippen LogP contribution is -2.51. The minimum atomic E-state index is 0.215. The van der Waals surface area contributed by atoms with E-state index < -0.39 is 0 Å². The number of hydrogen-bond donors (Lipinski definition) is 1. The number of ether oxygens (including phenoxy) is 1. The lowest BCUT2D eigenvalue weighted by molar-refractivity contribution is -0.141. The number of piperidine rings is 1. The summed E-state index contributed by atoms with van der Waals surface area (Å²) in [7, 11) is 0. The molecule has 4 rings (SSSR count). The Kier molecular flexibility index (Phi) is 5.60. The predicted molar refractivity (Wildman–Crippen MR) is 102 cm³/mol. The average Bonchev–Trinajstić information content (AvgIpc) is 2.67. The number of likely N-dealkylation sites (tertiary alicyclic amines) is 1. The molecule has 1 aliphatic heterocycles. The average molecular weight is 357 g/mol. The molecule has 1 heterocycles. The minimum Gasteiger partial charge on any atom is -0.373 e. The summed E-state index contributed by atoms with van der Waals surface area (Å²) in [6.07, 6.45) is 7.96. The number of amides is 1. The molecule has 1 aromatic rings. The molecular weight excluding hydrogens is 324 g/mol. The van der Waals surface area contributed by atoms with Crippen LogP contribution in [0.4, 0.5) is 0 Å². The number of fused-ring (bicyclic) bond motifs is 2. The van der Waals surface area contributed by atoms with Gasteiger partial charge in [-0.25, -0.2) is 0 Å². The Bertz CT molecular complexity index is 583. The molecule has 2 unspecified atom stereocenters. The summed E-state index contributed by atoms with van der Waals surface area (Å²) in [5.74, 6) is 1.74. The van der Waals surface area contributed by atoms with Gasteiger partial charge in [-0.1, -0.05) is 36.8 Å². The smallest absolute Gasteiger partial charge is 0.225 e. The van der Waals surface area contributed by atoms with E-state index in [2.05, 4.69) is 17.0 Å². The summed E-state index contributed by atoms with van der Waals surface area (Å²) in [6, 6.07) is 10.7. The van der Waals surface area contributed by atoms with Crippen LogP contribution in [0.25, 0.3) is 0 Å². The molecule has 4 heteroatoms. The number of nitrogens with zero attached hydrogens (tertiary/aromatic N) is 1. The Hall–Kier alpha value is -1.39. The van der Waals surface area contributed by atoms with Gasteiger partial charge in [0.05, 0.1) is 12.7 Å². The highest BCUT2D eigenvalue weighted by molar-refractivity contribution is 5.79. The molecule has 4 nitrogen and oxygen atoms in total. The molecule has 26 heavy (non-hydrogen) atoms. The van der Waals surface area contributed by atoms with Crippen LogP contribution < -0.4 is 5.73 Å². The van der Waals surface area contributed by atoms with Crippen molar-refractivity contribution >= 4 is 5.91 Å². The van der Waals surface area contributed by atoms with E-state index in [0.29, 0.717) is 30.4 Å². The molecular formula is C22H32N2O2. The van der Waals surface area contributed by atoms with Crippen LogP contribution >= 0.6 is 0 Å². The molecule has 1 aromatic carbocycles. The summed E-state index contributed by atoms with van der Waals surface area (Å²) in [5.41, 5.74) is 7.60. The van der Waals surface area contributed by atoms with Crippen LogP contribution in [-0.2, 0) is 16.1 Å². The standard InChI is InChI=1S/C22H32N2O2/c23-21-17-7-4-8-18(21)14-19(13-17)22(25)24-11-9-20(10-12-24)26-15-16-5-2-1-3-6-16/h1-3,5-6,17-21H,4,7-15,23H2. The Labute approximate surface area is 157 Å². The molecule has 3 aliphatic rings. The van der Waals surface area contributed by atoms with Gasteiger partial charge in [0.2, 0.25) is 5.91 Å². The summed E-state index contributed by atoms with van der Waals surface area (Å²) in [4.78, 5) is 15.1. The Morgan fingerprint density at radius 3 is 2.35 bits per heavy atom. The Morgan fingerprint density at radius 1 is 1.04 bits per heavy atom. The van der Waals surface area contributed by atoms with Gasteiger partial charge in [-0.05, 0) is 55.9 Å². The quantitative estimate of drug-likeness (QED) is 0.900. The number of benzene rings is 1. The molecule has 142 valence electrons. The molecule has 2 N–H and O–H groups in total. The highest BCUT2D eigenvalue weighted by Crippen LogP contribution is 2.42. The first-order valence-electron chi connectivity index (χ1n) is 10.4. The summed E-state index contributed by atoms with van der Waals surface area (Å²) in [5, 5.41) is 0. The zero-order valence-corrected chi connectivity index (χ0v) is 15.7. The van der Waals surface area contributed by atoms with Crippen molar-refractivity contribution in [3.63, 3.8) is 0 Å². The van der Waals surface area contributed by atoms with Crippen molar-refractivity contribution in [2.75, 3.05) is 13.1 Å². The van der Waals surface area contributed by atoms with E-state index in [1.807, 2.05) is 18.2 Å². The number of hydrogen-bond acceptors (Lipinski definition) is 3. The fourth-order valence-corrected chi connectivity index (χ4v) is 5.28. The van der Waals surface area contributed by atoms with Crippen LogP contribution in [0.2, 0.25) is 0 Å². The first-order valence-corrected chi connectivity index (χ1v) is 10.4. The van der Waals surface area contributed by atoms with Crippen LogP contribution in [0.3, 0.4) is 0 Å². The van der Waals surface area contributed by atoms with Gasteiger partial charge < -0.3 is 15.4 Å². The molecule has 2 saturated carbocycles. The molecule has 0 radical (unpaired) electrons. The predicted octanol–water partition coefficient (Wildman–Crippen LogP) is 3.35. The molecule has 0 aromatic heterocycles. The highest BCUT2D eigenvalue weighted by Gasteiger charge is 2.42. The molecule has 2 bridgehead atoms. The summed E-state index contributed by atoms with van der Waals surface area (Å²) < 4.78 is 6.06. The fourth-order valence-electron chi connectivity index (χ4n) is 5.28. The van der Waals surface area contributed by atoms with Crippen molar-refractivity contribution in [3.05, 3.63) is 35.9 Å². The van der Waals surface area contributed by atoms with E-state index in [1.165, 1.54) is 24.8 Å². The second-order valence-corrected chi connectivity index (χ2v) is 8.52. The monoisotopic (exact) mass is 356 g/mol. The lowest BCUT2D eigenvalue weighted by Gasteiger charge is -2.45. The SMILES string of the molecule is NC1C2CCCC1CC(C(=O)N1CCC(OCc3ccccc3)CC1)C2. The maximum absolute atomic E-state index is 13.0. The van der Waals surface area contributed by atoms with Gasteiger partial charge in [0.25, 0.3) is 0 Å². The first-order chi connectivity index (χ1) is 12.7. The van der Waals surface area contributed by atoms with Crippen LogP contribution in [0, 0.1) is 17.8 Å².